The van der Waals surface area contributed by atoms with Gasteiger partial charge < -0.3 is 5.32 Å². The van der Waals surface area contributed by atoms with E-state index in [0.29, 0.717) is 12.0 Å². The molecule has 0 saturated heterocycles. The lowest BCUT2D eigenvalue weighted by Crippen LogP contribution is -2.39. The van der Waals surface area contributed by atoms with E-state index in [9.17, 15) is 4.21 Å². The lowest BCUT2D eigenvalue weighted by molar-refractivity contribution is 0.373. The van der Waals surface area contributed by atoms with Crippen LogP contribution in [0.15, 0.2) is 29.2 Å². The summed E-state index contributed by atoms with van der Waals surface area (Å²) in [6, 6.07) is 8.45. The molecule has 1 aromatic carbocycles. The average Bonchev–Trinajstić information content (AvgIpc) is 2.32. The molecule has 1 N–H and O–H groups in total. The van der Waals surface area contributed by atoms with Gasteiger partial charge in [-0.05, 0) is 24.1 Å². The molecule has 0 fully saturated rings. The quantitative estimate of drug-likeness (QED) is 0.856. The summed E-state index contributed by atoms with van der Waals surface area (Å²) in [7, 11) is -0.854. The van der Waals surface area contributed by atoms with Gasteiger partial charge in [-0.1, -0.05) is 39.0 Å². The average molecular weight is 237 g/mol. The topological polar surface area (TPSA) is 29.1 Å². The molecular weight excluding hydrogens is 218 g/mol. The Balaban J connectivity index is 2.48. The SMILES string of the molecule is CCNC1c2ccccc2S(=O)C(C)C1C. The van der Waals surface area contributed by atoms with Crippen molar-refractivity contribution in [3.63, 3.8) is 0 Å². The second-order valence-electron chi connectivity index (χ2n) is 4.43. The summed E-state index contributed by atoms with van der Waals surface area (Å²) in [5.74, 6) is 0.413. The largest absolute Gasteiger partial charge is 0.310 e. The summed E-state index contributed by atoms with van der Waals surface area (Å²) in [6.45, 7) is 7.33. The maximum absolute atomic E-state index is 12.3. The molecule has 3 heteroatoms. The van der Waals surface area contributed by atoms with Crippen LogP contribution in [-0.4, -0.2) is 16.0 Å². The highest BCUT2D eigenvalue weighted by molar-refractivity contribution is 7.85. The van der Waals surface area contributed by atoms with E-state index in [0.717, 1.165) is 11.4 Å². The summed E-state index contributed by atoms with van der Waals surface area (Å²) >= 11 is 0. The van der Waals surface area contributed by atoms with Gasteiger partial charge in [0.15, 0.2) is 0 Å². The smallest absolute Gasteiger partial charge is 0.0564 e. The van der Waals surface area contributed by atoms with Gasteiger partial charge in [-0.15, -0.1) is 0 Å². The predicted molar refractivity (Wildman–Crippen MR) is 67.9 cm³/mol. The third kappa shape index (κ3) is 1.82. The van der Waals surface area contributed by atoms with Crippen LogP contribution >= 0.6 is 0 Å². The molecule has 0 radical (unpaired) electrons. The molecule has 0 spiro atoms. The monoisotopic (exact) mass is 237 g/mol. The Hall–Kier alpha value is -0.670. The first kappa shape index (κ1) is 11.8. The summed E-state index contributed by atoms with van der Waals surface area (Å²) in [4.78, 5) is 1.01. The molecule has 0 bridgehead atoms. The zero-order chi connectivity index (χ0) is 11.7. The lowest BCUT2D eigenvalue weighted by atomic mass is 9.91. The molecule has 16 heavy (non-hydrogen) atoms. The summed E-state index contributed by atoms with van der Waals surface area (Å²) < 4.78 is 12.3. The van der Waals surface area contributed by atoms with Gasteiger partial charge in [-0.25, -0.2) is 0 Å². The molecule has 1 aromatic rings. The number of rotatable bonds is 2. The van der Waals surface area contributed by atoms with Crippen LogP contribution in [0.3, 0.4) is 0 Å². The van der Waals surface area contributed by atoms with E-state index in [4.69, 9.17) is 0 Å². The van der Waals surface area contributed by atoms with Crippen LogP contribution in [-0.2, 0) is 10.8 Å². The third-order valence-electron chi connectivity index (χ3n) is 3.50. The van der Waals surface area contributed by atoms with Crippen molar-refractivity contribution in [2.24, 2.45) is 5.92 Å². The van der Waals surface area contributed by atoms with Crippen LogP contribution in [0, 0.1) is 5.92 Å². The number of hydrogen-bond acceptors (Lipinski definition) is 2. The molecule has 0 saturated carbocycles. The van der Waals surface area contributed by atoms with Gasteiger partial charge in [-0.2, -0.15) is 0 Å². The number of fused-ring (bicyclic) bond motifs is 1. The lowest BCUT2D eigenvalue weighted by Gasteiger charge is -2.35. The molecule has 2 rings (SSSR count). The van der Waals surface area contributed by atoms with Crippen LogP contribution in [0.2, 0.25) is 0 Å². The molecule has 0 amide bonds. The normalized spacial score (nSPS) is 33.4. The van der Waals surface area contributed by atoms with Crippen LogP contribution < -0.4 is 5.32 Å². The van der Waals surface area contributed by atoms with Crippen molar-refractivity contribution >= 4 is 10.8 Å². The minimum Gasteiger partial charge on any atom is -0.310 e. The molecule has 1 aliphatic rings. The molecule has 0 aromatic heterocycles. The summed E-state index contributed by atoms with van der Waals surface area (Å²) in [5, 5.41) is 3.73. The van der Waals surface area contributed by atoms with Crippen LogP contribution in [0.1, 0.15) is 32.4 Å². The highest BCUT2D eigenvalue weighted by Gasteiger charge is 2.35. The van der Waals surface area contributed by atoms with Crippen molar-refractivity contribution < 1.29 is 4.21 Å². The molecule has 1 aliphatic heterocycles. The van der Waals surface area contributed by atoms with Crippen molar-refractivity contribution in [1.82, 2.24) is 5.32 Å². The molecule has 4 atom stereocenters. The first-order valence-corrected chi connectivity index (χ1v) is 7.11. The maximum Gasteiger partial charge on any atom is 0.0564 e. The van der Waals surface area contributed by atoms with Gasteiger partial charge in [0.1, 0.15) is 0 Å². The fraction of sp³-hybridized carbons (Fsp3) is 0.538. The molecule has 4 unspecified atom stereocenters. The van der Waals surface area contributed by atoms with E-state index in [2.05, 4.69) is 32.2 Å². The van der Waals surface area contributed by atoms with E-state index < -0.39 is 10.8 Å². The minimum absolute atomic E-state index is 0.221. The summed E-state index contributed by atoms with van der Waals surface area (Å²) in [5.41, 5.74) is 1.22. The Labute approximate surface area is 99.9 Å². The Bertz CT molecular complexity index is 405. The van der Waals surface area contributed by atoms with E-state index in [1.165, 1.54) is 5.56 Å². The van der Waals surface area contributed by atoms with Crippen LogP contribution in [0.5, 0.6) is 0 Å². The second kappa shape index (κ2) is 4.68. The van der Waals surface area contributed by atoms with Crippen molar-refractivity contribution in [3.05, 3.63) is 29.8 Å². The van der Waals surface area contributed by atoms with Gasteiger partial charge in [0, 0.05) is 16.2 Å². The predicted octanol–water partition coefficient (Wildman–Crippen LogP) is 2.48. The van der Waals surface area contributed by atoms with Gasteiger partial charge >= 0.3 is 0 Å². The number of hydrogen-bond donors (Lipinski definition) is 1. The van der Waals surface area contributed by atoms with Crippen molar-refractivity contribution in [2.45, 2.75) is 37.0 Å². The first-order chi connectivity index (χ1) is 7.66. The molecule has 2 nitrogen and oxygen atoms in total. The van der Waals surface area contributed by atoms with Crippen molar-refractivity contribution in [3.8, 4) is 0 Å². The standard InChI is InChI=1S/C13H19NOS/c1-4-14-13-9(2)10(3)16(15)12-8-6-5-7-11(12)13/h5-10,13-14H,4H2,1-3H3. The fourth-order valence-corrected chi connectivity index (χ4v) is 3.97. The van der Waals surface area contributed by atoms with E-state index >= 15 is 0 Å². The van der Waals surface area contributed by atoms with Gasteiger partial charge in [-0.3, -0.25) is 4.21 Å². The van der Waals surface area contributed by atoms with Crippen molar-refractivity contribution in [2.75, 3.05) is 6.54 Å². The molecule has 88 valence electrons. The molecule has 1 heterocycles. The van der Waals surface area contributed by atoms with Gasteiger partial charge in [0.05, 0.1) is 10.8 Å². The zero-order valence-electron chi connectivity index (χ0n) is 10.1. The Morgan fingerprint density at radius 2 is 2.00 bits per heavy atom. The van der Waals surface area contributed by atoms with Crippen LogP contribution in [0.4, 0.5) is 0 Å². The third-order valence-corrected chi connectivity index (χ3v) is 5.41. The van der Waals surface area contributed by atoms with E-state index in [1.54, 1.807) is 0 Å². The summed E-state index contributed by atoms with van der Waals surface area (Å²) in [6.07, 6.45) is 0. The minimum atomic E-state index is -0.854. The van der Waals surface area contributed by atoms with Gasteiger partial charge in [0.25, 0.3) is 0 Å². The Morgan fingerprint density at radius 1 is 1.31 bits per heavy atom. The van der Waals surface area contributed by atoms with Gasteiger partial charge in [0.2, 0.25) is 0 Å². The highest BCUT2D eigenvalue weighted by Crippen LogP contribution is 2.37. The Morgan fingerprint density at radius 3 is 2.69 bits per heavy atom. The second-order valence-corrected chi connectivity index (χ2v) is 6.21. The highest BCUT2D eigenvalue weighted by atomic mass is 32.2. The number of nitrogens with one attached hydrogen (secondary N) is 1. The van der Waals surface area contributed by atoms with E-state index in [1.807, 2.05) is 18.2 Å². The zero-order valence-corrected chi connectivity index (χ0v) is 10.9. The molecule has 0 aliphatic carbocycles. The Kier molecular flexibility index (Phi) is 3.45. The number of benzene rings is 1. The first-order valence-electron chi connectivity index (χ1n) is 5.89. The molecular formula is C13H19NOS. The van der Waals surface area contributed by atoms with Crippen molar-refractivity contribution in [1.29, 1.82) is 0 Å². The van der Waals surface area contributed by atoms with Crippen LogP contribution in [0.25, 0.3) is 0 Å². The fourth-order valence-electron chi connectivity index (χ4n) is 2.39. The van der Waals surface area contributed by atoms with E-state index in [-0.39, 0.29) is 5.25 Å². The maximum atomic E-state index is 12.3.